The van der Waals surface area contributed by atoms with E-state index in [0.29, 0.717) is 0 Å². The predicted molar refractivity (Wildman–Crippen MR) is 52.6 cm³/mol. The smallest absolute Gasteiger partial charge is 0.241 e. The Balaban J connectivity index is 3.50. The quantitative estimate of drug-likeness (QED) is 0.769. The number of sulfonamides is 1. The van der Waals surface area contributed by atoms with Crippen molar-refractivity contribution in [3.05, 3.63) is 12.1 Å². The van der Waals surface area contributed by atoms with Crippen LogP contribution in [0.25, 0.3) is 0 Å². The third-order valence-corrected chi connectivity index (χ3v) is 2.73. The monoisotopic (exact) mass is 233 g/mol. The zero-order valence-corrected chi connectivity index (χ0v) is 9.04. The summed E-state index contributed by atoms with van der Waals surface area (Å²) in [5, 5.41) is 14.5. The van der Waals surface area contributed by atoms with Gasteiger partial charge in [-0.1, -0.05) is 0 Å². The van der Waals surface area contributed by atoms with Crippen molar-refractivity contribution in [2.75, 3.05) is 14.2 Å². The van der Waals surface area contributed by atoms with Crippen LogP contribution in [0, 0.1) is 0 Å². The van der Waals surface area contributed by atoms with Crippen LogP contribution in [-0.4, -0.2) is 27.7 Å². The van der Waals surface area contributed by atoms with E-state index >= 15 is 0 Å². The van der Waals surface area contributed by atoms with E-state index in [9.17, 15) is 13.5 Å². The maximum absolute atomic E-state index is 11.0. The van der Waals surface area contributed by atoms with Crippen LogP contribution < -0.4 is 14.6 Å². The zero-order valence-electron chi connectivity index (χ0n) is 8.22. The number of primary sulfonamides is 1. The summed E-state index contributed by atoms with van der Waals surface area (Å²) in [7, 11) is -1.33. The van der Waals surface area contributed by atoms with E-state index in [0.717, 1.165) is 6.07 Å². The summed E-state index contributed by atoms with van der Waals surface area (Å²) >= 11 is 0. The Morgan fingerprint density at radius 1 is 1.27 bits per heavy atom. The van der Waals surface area contributed by atoms with E-state index in [4.69, 9.17) is 14.6 Å². The van der Waals surface area contributed by atoms with Gasteiger partial charge in [0.1, 0.15) is 4.90 Å². The Bertz CT molecular complexity index is 468. The van der Waals surface area contributed by atoms with Crippen molar-refractivity contribution in [2.45, 2.75) is 4.90 Å². The van der Waals surface area contributed by atoms with Gasteiger partial charge in [0.2, 0.25) is 15.8 Å². The van der Waals surface area contributed by atoms with E-state index in [1.54, 1.807) is 0 Å². The third-order valence-electron chi connectivity index (χ3n) is 1.79. The highest BCUT2D eigenvalue weighted by Gasteiger charge is 2.20. The summed E-state index contributed by atoms with van der Waals surface area (Å²) in [4.78, 5) is -0.403. The number of rotatable bonds is 3. The molecule has 0 saturated heterocycles. The minimum Gasteiger partial charge on any atom is -0.503 e. The molecule has 0 saturated carbocycles. The molecule has 0 aliphatic carbocycles. The molecule has 1 aromatic rings. The molecule has 0 heterocycles. The van der Waals surface area contributed by atoms with Crippen molar-refractivity contribution >= 4 is 10.0 Å². The van der Waals surface area contributed by atoms with Gasteiger partial charge in [0.15, 0.2) is 11.5 Å². The molecular weight excluding hydrogens is 222 g/mol. The summed E-state index contributed by atoms with van der Waals surface area (Å²) in [6.45, 7) is 0. The maximum Gasteiger partial charge on any atom is 0.241 e. The minimum atomic E-state index is -3.98. The number of nitrogens with two attached hydrogens (primary N) is 1. The molecule has 0 unspecified atom stereocenters. The number of methoxy groups -OCH3 is 2. The van der Waals surface area contributed by atoms with Crippen molar-refractivity contribution in [1.82, 2.24) is 0 Å². The molecule has 0 aliphatic rings. The fourth-order valence-electron chi connectivity index (χ4n) is 1.12. The summed E-state index contributed by atoms with van der Waals surface area (Å²) in [6, 6.07) is 2.49. The molecule has 0 radical (unpaired) electrons. The van der Waals surface area contributed by atoms with Crippen LogP contribution in [-0.2, 0) is 10.0 Å². The van der Waals surface area contributed by atoms with Gasteiger partial charge in [0.25, 0.3) is 0 Å². The Hall–Kier alpha value is -1.47. The van der Waals surface area contributed by atoms with E-state index in [-0.39, 0.29) is 11.5 Å². The zero-order chi connectivity index (χ0) is 11.6. The van der Waals surface area contributed by atoms with Crippen molar-refractivity contribution < 1.29 is 23.0 Å². The molecular formula is C8H11NO5S. The fourth-order valence-corrected chi connectivity index (χ4v) is 1.74. The highest BCUT2D eigenvalue weighted by molar-refractivity contribution is 7.89. The average molecular weight is 233 g/mol. The van der Waals surface area contributed by atoms with Crippen molar-refractivity contribution in [3.8, 4) is 17.2 Å². The van der Waals surface area contributed by atoms with Gasteiger partial charge in [-0.2, -0.15) is 0 Å². The first-order valence-electron chi connectivity index (χ1n) is 3.88. The lowest BCUT2D eigenvalue weighted by Crippen LogP contribution is -2.12. The SMILES string of the molecule is COc1ccc(S(N)(=O)=O)c(O)c1OC. The van der Waals surface area contributed by atoms with Crippen LogP contribution in [0.4, 0.5) is 0 Å². The maximum atomic E-state index is 11.0. The molecule has 0 atom stereocenters. The highest BCUT2D eigenvalue weighted by Crippen LogP contribution is 2.40. The van der Waals surface area contributed by atoms with Crippen LogP contribution in [0.5, 0.6) is 17.2 Å². The van der Waals surface area contributed by atoms with E-state index in [1.807, 2.05) is 0 Å². The summed E-state index contributed by atoms with van der Waals surface area (Å²) in [6.07, 6.45) is 0. The average Bonchev–Trinajstić information content (AvgIpc) is 2.15. The minimum absolute atomic E-state index is 0.0657. The molecule has 1 aromatic carbocycles. The molecule has 0 aromatic heterocycles. The molecule has 3 N–H and O–H groups in total. The second-order valence-electron chi connectivity index (χ2n) is 2.69. The molecule has 84 valence electrons. The molecule has 15 heavy (non-hydrogen) atoms. The van der Waals surface area contributed by atoms with Crippen LogP contribution in [0.2, 0.25) is 0 Å². The first-order chi connectivity index (χ1) is 6.91. The molecule has 0 amide bonds. The molecule has 0 fully saturated rings. The van der Waals surface area contributed by atoms with Crippen LogP contribution in [0.1, 0.15) is 0 Å². The fraction of sp³-hybridized carbons (Fsp3) is 0.250. The first-order valence-corrected chi connectivity index (χ1v) is 5.43. The van der Waals surface area contributed by atoms with Gasteiger partial charge in [0, 0.05) is 0 Å². The second-order valence-corrected chi connectivity index (χ2v) is 4.22. The lowest BCUT2D eigenvalue weighted by Gasteiger charge is -2.11. The van der Waals surface area contributed by atoms with Gasteiger partial charge >= 0.3 is 0 Å². The standard InChI is InChI=1S/C8H11NO5S/c1-13-5-3-4-6(15(9,11)12)7(10)8(5)14-2/h3-4,10H,1-2H3,(H2,9,11,12). The summed E-state index contributed by atoms with van der Waals surface area (Å²) < 4.78 is 31.8. The number of hydrogen-bond donors (Lipinski definition) is 2. The van der Waals surface area contributed by atoms with Gasteiger partial charge in [-0.25, -0.2) is 13.6 Å². The normalized spacial score (nSPS) is 11.1. The largest absolute Gasteiger partial charge is 0.503 e. The number of phenols is 1. The van der Waals surface area contributed by atoms with Crippen molar-refractivity contribution in [1.29, 1.82) is 0 Å². The van der Waals surface area contributed by atoms with Gasteiger partial charge in [0.05, 0.1) is 14.2 Å². The lowest BCUT2D eigenvalue weighted by atomic mass is 10.3. The first kappa shape index (κ1) is 11.6. The molecule has 7 heteroatoms. The van der Waals surface area contributed by atoms with Gasteiger partial charge in [-0.15, -0.1) is 0 Å². The van der Waals surface area contributed by atoms with Crippen LogP contribution in [0.15, 0.2) is 17.0 Å². The van der Waals surface area contributed by atoms with Gasteiger partial charge < -0.3 is 14.6 Å². The second kappa shape index (κ2) is 3.95. The van der Waals surface area contributed by atoms with Gasteiger partial charge in [-0.3, -0.25) is 0 Å². The number of benzene rings is 1. The summed E-state index contributed by atoms with van der Waals surface area (Å²) in [5.74, 6) is -0.397. The Kier molecular flexibility index (Phi) is 3.06. The Morgan fingerprint density at radius 3 is 2.27 bits per heavy atom. The number of hydrogen-bond acceptors (Lipinski definition) is 5. The predicted octanol–water partition coefficient (Wildman–Crippen LogP) is 0.0568. The topological polar surface area (TPSA) is 98.9 Å². The van der Waals surface area contributed by atoms with Crippen LogP contribution >= 0.6 is 0 Å². The van der Waals surface area contributed by atoms with Crippen LogP contribution in [0.3, 0.4) is 0 Å². The van der Waals surface area contributed by atoms with E-state index in [2.05, 4.69) is 0 Å². The molecule has 1 rings (SSSR count). The number of ether oxygens (including phenoxy) is 2. The number of aromatic hydroxyl groups is 1. The molecule has 0 bridgehead atoms. The molecule has 0 aliphatic heterocycles. The van der Waals surface area contributed by atoms with E-state index in [1.165, 1.54) is 20.3 Å². The van der Waals surface area contributed by atoms with Crippen molar-refractivity contribution in [3.63, 3.8) is 0 Å². The van der Waals surface area contributed by atoms with Gasteiger partial charge in [-0.05, 0) is 12.1 Å². The lowest BCUT2D eigenvalue weighted by molar-refractivity contribution is 0.328. The Labute approximate surface area is 87.3 Å². The molecule has 0 spiro atoms. The summed E-state index contributed by atoms with van der Waals surface area (Å²) in [5.41, 5.74) is 0. The van der Waals surface area contributed by atoms with Crippen molar-refractivity contribution in [2.24, 2.45) is 5.14 Å². The van der Waals surface area contributed by atoms with E-state index < -0.39 is 20.7 Å². The number of phenolic OH excluding ortho intramolecular Hbond substituents is 1. The third kappa shape index (κ3) is 2.13. The Morgan fingerprint density at radius 2 is 1.87 bits per heavy atom. The highest BCUT2D eigenvalue weighted by atomic mass is 32.2. The molecule has 6 nitrogen and oxygen atoms in total.